The summed E-state index contributed by atoms with van der Waals surface area (Å²) in [5.41, 5.74) is 2.09. The first-order valence-corrected chi connectivity index (χ1v) is 8.80. The average molecular weight is 350 g/mol. The lowest BCUT2D eigenvalue weighted by molar-refractivity contribution is 0.122. The van der Waals surface area contributed by atoms with E-state index in [2.05, 4.69) is 21.3 Å². The normalized spacial score (nSPS) is 14.4. The minimum atomic E-state index is 0.640. The molecule has 0 radical (unpaired) electrons. The van der Waals surface area contributed by atoms with Crippen molar-refractivity contribution in [2.75, 3.05) is 43.6 Å². The number of fused-ring (bicyclic) bond motifs is 1. The molecule has 134 valence electrons. The number of hydrogen-bond acceptors (Lipinski definition) is 6. The van der Waals surface area contributed by atoms with Crippen LogP contribution in [0.25, 0.3) is 10.9 Å². The summed E-state index contributed by atoms with van der Waals surface area (Å²) >= 11 is 0. The van der Waals surface area contributed by atoms with Gasteiger partial charge in [-0.3, -0.25) is 0 Å². The summed E-state index contributed by atoms with van der Waals surface area (Å²) in [5, 5.41) is 4.42. The Morgan fingerprint density at radius 2 is 1.81 bits per heavy atom. The standard InChI is InChI=1S/C20H22N4O2/c1-25-16-8-6-15(7-9-16)14-21-20-22-18-5-3-2-4-17(18)19(23-20)24-10-12-26-13-11-24/h2-9H,10-14H2,1H3,(H,21,22,23). The fraction of sp³-hybridized carbons (Fsp3) is 0.300. The van der Waals surface area contributed by atoms with Crippen LogP contribution in [0.2, 0.25) is 0 Å². The molecule has 0 saturated carbocycles. The molecular weight excluding hydrogens is 328 g/mol. The molecule has 0 atom stereocenters. The number of para-hydroxylation sites is 1. The van der Waals surface area contributed by atoms with Gasteiger partial charge in [-0.2, -0.15) is 4.98 Å². The number of morpholine rings is 1. The number of benzene rings is 2. The van der Waals surface area contributed by atoms with Gasteiger partial charge < -0.3 is 19.7 Å². The zero-order valence-electron chi connectivity index (χ0n) is 14.8. The van der Waals surface area contributed by atoms with E-state index in [0.717, 1.165) is 54.3 Å². The molecule has 1 aliphatic rings. The first-order chi connectivity index (χ1) is 12.8. The number of anilines is 2. The Bertz CT molecular complexity index is 877. The second-order valence-corrected chi connectivity index (χ2v) is 6.19. The van der Waals surface area contributed by atoms with Crippen molar-refractivity contribution < 1.29 is 9.47 Å². The Kier molecular flexibility index (Phi) is 4.84. The Hall–Kier alpha value is -2.86. The minimum Gasteiger partial charge on any atom is -0.497 e. The highest BCUT2D eigenvalue weighted by atomic mass is 16.5. The van der Waals surface area contributed by atoms with Gasteiger partial charge in [0.15, 0.2) is 0 Å². The van der Waals surface area contributed by atoms with Crippen LogP contribution in [0.15, 0.2) is 48.5 Å². The molecule has 0 unspecified atom stereocenters. The third-order valence-corrected chi connectivity index (χ3v) is 4.50. The summed E-state index contributed by atoms with van der Waals surface area (Å²) in [6, 6.07) is 16.1. The van der Waals surface area contributed by atoms with Crippen LogP contribution in [0, 0.1) is 0 Å². The first-order valence-electron chi connectivity index (χ1n) is 8.80. The molecule has 4 rings (SSSR count). The Morgan fingerprint density at radius 3 is 2.58 bits per heavy atom. The fourth-order valence-electron chi connectivity index (χ4n) is 3.08. The van der Waals surface area contributed by atoms with E-state index in [9.17, 15) is 0 Å². The molecule has 6 heteroatoms. The highest BCUT2D eigenvalue weighted by molar-refractivity contribution is 5.90. The largest absolute Gasteiger partial charge is 0.497 e. The van der Waals surface area contributed by atoms with Gasteiger partial charge in [-0.1, -0.05) is 24.3 Å². The van der Waals surface area contributed by atoms with Crippen LogP contribution in [0.3, 0.4) is 0 Å². The van der Waals surface area contributed by atoms with E-state index in [4.69, 9.17) is 14.5 Å². The van der Waals surface area contributed by atoms with Crippen LogP contribution >= 0.6 is 0 Å². The molecule has 2 aromatic carbocycles. The van der Waals surface area contributed by atoms with Gasteiger partial charge in [0.05, 0.1) is 25.8 Å². The SMILES string of the molecule is COc1ccc(CNc2nc(N3CCOCC3)c3ccccc3n2)cc1. The van der Waals surface area contributed by atoms with Gasteiger partial charge in [-0.25, -0.2) is 4.98 Å². The molecule has 2 heterocycles. The average Bonchev–Trinajstić information content (AvgIpc) is 2.72. The second kappa shape index (κ2) is 7.58. The number of hydrogen-bond donors (Lipinski definition) is 1. The lowest BCUT2D eigenvalue weighted by Crippen LogP contribution is -2.37. The van der Waals surface area contributed by atoms with Crippen molar-refractivity contribution in [1.29, 1.82) is 0 Å². The number of methoxy groups -OCH3 is 1. The highest BCUT2D eigenvalue weighted by Gasteiger charge is 2.17. The summed E-state index contributed by atoms with van der Waals surface area (Å²) in [6.45, 7) is 3.81. The van der Waals surface area contributed by atoms with Crippen molar-refractivity contribution in [3.8, 4) is 5.75 Å². The Balaban J connectivity index is 1.60. The van der Waals surface area contributed by atoms with Crippen molar-refractivity contribution in [3.05, 3.63) is 54.1 Å². The Labute approximate surface area is 152 Å². The van der Waals surface area contributed by atoms with Crippen LogP contribution in [0.4, 0.5) is 11.8 Å². The number of ether oxygens (including phenoxy) is 2. The topological polar surface area (TPSA) is 59.5 Å². The van der Waals surface area contributed by atoms with E-state index >= 15 is 0 Å². The molecule has 1 N–H and O–H groups in total. The zero-order chi connectivity index (χ0) is 17.8. The lowest BCUT2D eigenvalue weighted by atomic mass is 10.2. The molecule has 26 heavy (non-hydrogen) atoms. The summed E-state index contributed by atoms with van der Waals surface area (Å²) in [7, 11) is 1.67. The molecular formula is C20H22N4O2. The maximum atomic E-state index is 5.48. The van der Waals surface area contributed by atoms with Gasteiger partial charge in [0, 0.05) is 25.0 Å². The second-order valence-electron chi connectivity index (χ2n) is 6.19. The molecule has 1 saturated heterocycles. The molecule has 0 aliphatic carbocycles. The maximum Gasteiger partial charge on any atom is 0.225 e. The molecule has 6 nitrogen and oxygen atoms in total. The molecule has 1 aliphatic heterocycles. The Morgan fingerprint density at radius 1 is 1.04 bits per heavy atom. The third kappa shape index (κ3) is 3.55. The van der Waals surface area contributed by atoms with E-state index < -0.39 is 0 Å². The quantitative estimate of drug-likeness (QED) is 0.763. The van der Waals surface area contributed by atoms with Gasteiger partial charge in [-0.15, -0.1) is 0 Å². The molecule has 0 bridgehead atoms. The van der Waals surface area contributed by atoms with Crippen molar-refractivity contribution in [1.82, 2.24) is 9.97 Å². The van der Waals surface area contributed by atoms with Gasteiger partial charge in [0.1, 0.15) is 11.6 Å². The number of nitrogens with zero attached hydrogens (tertiary/aromatic N) is 3. The van der Waals surface area contributed by atoms with Crippen LogP contribution < -0.4 is 15.0 Å². The predicted molar refractivity (Wildman–Crippen MR) is 103 cm³/mol. The van der Waals surface area contributed by atoms with Crippen molar-refractivity contribution in [2.45, 2.75) is 6.54 Å². The van der Waals surface area contributed by atoms with Gasteiger partial charge in [-0.05, 0) is 29.8 Å². The summed E-state index contributed by atoms with van der Waals surface area (Å²) in [6.07, 6.45) is 0. The fourth-order valence-corrected chi connectivity index (χ4v) is 3.08. The van der Waals surface area contributed by atoms with E-state index in [0.29, 0.717) is 12.5 Å². The van der Waals surface area contributed by atoms with E-state index in [-0.39, 0.29) is 0 Å². The van der Waals surface area contributed by atoms with Gasteiger partial charge >= 0.3 is 0 Å². The van der Waals surface area contributed by atoms with Crippen molar-refractivity contribution in [2.24, 2.45) is 0 Å². The van der Waals surface area contributed by atoms with Crippen LogP contribution in [0.5, 0.6) is 5.75 Å². The molecule has 1 aromatic heterocycles. The van der Waals surface area contributed by atoms with E-state index in [1.807, 2.05) is 42.5 Å². The molecule has 0 amide bonds. The van der Waals surface area contributed by atoms with Crippen molar-refractivity contribution in [3.63, 3.8) is 0 Å². The zero-order valence-corrected chi connectivity index (χ0v) is 14.8. The van der Waals surface area contributed by atoms with E-state index in [1.54, 1.807) is 7.11 Å². The lowest BCUT2D eigenvalue weighted by Gasteiger charge is -2.29. The number of nitrogens with one attached hydrogen (secondary N) is 1. The third-order valence-electron chi connectivity index (χ3n) is 4.50. The summed E-state index contributed by atoms with van der Waals surface area (Å²) < 4.78 is 10.7. The molecule has 3 aromatic rings. The smallest absolute Gasteiger partial charge is 0.225 e. The molecule has 0 spiro atoms. The minimum absolute atomic E-state index is 0.640. The predicted octanol–water partition coefficient (Wildman–Crippen LogP) is 3.09. The maximum absolute atomic E-state index is 5.48. The highest BCUT2D eigenvalue weighted by Crippen LogP contribution is 2.26. The molecule has 1 fully saturated rings. The van der Waals surface area contributed by atoms with Crippen LogP contribution in [0.1, 0.15) is 5.56 Å². The number of aromatic nitrogens is 2. The summed E-state index contributed by atoms with van der Waals surface area (Å²) in [5.74, 6) is 2.46. The first kappa shape index (κ1) is 16.6. The number of rotatable bonds is 5. The van der Waals surface area contributed by atoms with Gasteiger partial charge in [0.2, 0.25) is 5.95 Å². The summed E-state index contributed by atoms with van der Waals surface area (Å²) in [4.78, 5) is 11.7. The monoisotopic (exact) mass is 350 g/mol. The van der Waals surface area contributed by atoms with Crippen molar-refractivity contribution >= 4 is 22.7 Å². The van der Waals surface area contributed by atoms with Crippen LogP contribution in [-0.4, -0.2) is 43.4 Å². The van der Waals surface area contributed by atoms with E-state index in [1.165, 1.54) is 0 Å². The van der Waals surface area contributed by atoms with Crippen LogP contribution in [-0.2, 0) is 11.3 Å². The van der Waals surface area contributed by atoms with Gasteiger partial charge in [0.25, 0.3) is 0 Å².